The summed E-state index contributed by atoms with van der Waals surface area (Å²) in [5.74, 6) is 1.73. The molecule has 1 saturated carbocycles. The molecule has 0 bridgehead atoms. The summed E-state index contributed by atoms with van der Waals surface area (Å²) in [7, 11) is 0. The van der Waals surface area contributed by atoms with E-state index in [1.54, 1.807) is 0 Å². The minimum absolute atomic E-state index is 0.614. The van der Waals surface area contributed by atoms with Crippen molar-refractivity contribution >= 4 is 11.6 Å². The Morgan fingerprint density at radius 3 is 2.84 bits per heavy atom. The average molecular weight is 280 g/mol. The van der Waals surface area contributed by atoms with Crippen molar-refractivity contribution in [3.63, 3.8) is 0 Å². The fourth-order valence-corrected chi connectivity index (χ4v) is 3.48. The molecule has 1 aliphatic carbocycles. The maximum Gasteiger partial charge on any atom is 0.0408 e. The maximum absolute atomic E-state index is 6.10. The predicted molar refractivity (Wildman–Crippen MR) is 83.7 cm³/mol. The quantitative estimate of drug-likeness (QED) is 0.797. The van der Waals surface area contributed by atoms with Crippen LogP contribution >= 0.6 is 11.6 Å². The van der Waals surface area contributed by atoms with E-state index in [1.165, 1.54) is 31.2 Å². The second kappa shape index (κ2) is 7.31. The highest BCUT2D eigenvalue weighted by molar-refractivity contribution is 6.30. The minimum atomic E-state index is 0.614. The third-order valence-corrected chi connectivity index (χ3v) is 4.54. The lowest BCUT2D eigenvalue weighted by Gasteiger charge is -2.25. The van der Waals surface area contributed by atoms with E-state index in [4.69, 9.17) is 11.6 Å². The number of nitrogens with one attached hydrogen (secondary N) is 1. The molecule has 2 heteroatoms. The van der Waals surface area contributed by atoms with Gasteiger partial charge in [-0.25, -0.2) is 0 Å². The minimum Gasteiger partial charge on any atom is -0.313 e. The van der Waals surface area contributed by atoms with Crippen molar-refractivity contribution in [2.45, 2.75) is 52.0 Å². The third kappa shape index (κ3) is 4.50. The smallest absolute Gasteiger partial charge is 0.0408 e. The number of hydrogen-bond acceptors (Lipinski definition) is 1. The molecule has 0 aromatic heterocycles. The number of hydrogen-bond donors (Lipinski definition) is 1. The molecule has 0 amide bonds. The predicted octanol–water partition coefficient (Wildman–Crippen LogP) is 4.69. The molecular weight excluding hydrogens is 254 g/mol. The SMILES string of the molecule is CCCNC(Cc1cccc(Cl)c1)C1CCC(C)C1. The van der Waals surface area contributed by atoms with Gasteiger partial charge in [0.2, 0.25) is 0 Å². The van der Waals surface area contributed by atoms with Gasteiger partial charge in [0.05, 0.1) is 0 Å². The molecule has 0 heterocycles. The molecule has 0 aliphatic heterocycles. The van der Waals surface area contributed by atoms with Crippen LogP contribution in [0.2, 0.25) is 5.02 Å². The standard InChI is InChI=1S/C17H26ClN/c1-3-9-19-17(15-8-7-13(2)10-15)12-14-5-4-6-16(18)11-14/h4-6,11,13,15,17,19H,3,7-10,12H2,1-2H3. The molecule has 1 N–H and O–H groups in total. The van der Waals surface area contributed by atoms with Crippen LogP contribution in [0.5, 0.6) is 0 Å². The van der Waals surface area contributed by atoms with Gasteiger partial charge >= 0.3 is 0 Å². The van der Waals surface area contributed by atoms with E-state index in [-0.39, 0.29) is 0 Å². The average Bonchev–Trinajstić information content (AvgIpc) is 2.81. The number of benzene rings is 1. The zero-order valence-corrected chi connectivity index (χ0v) is 12.9. The summed E-state index contributed by atoms with van der Waals surface area (Å²) >= 11 is 6.10. The number of halogens is 1. The van der Waals surface area contributed by atoms with Crippen LogP contribution in [0.15, 0.2) is 24.3 Å². The molecule has 1 aromatic rings. The van der Waals surface area contributed by atoms with Gasteiger partial charge in [0.25, 0.3) is 0 Å². The summed E-state index contributed by atoms with van der Waals surface area (Å²) in [5, 5.41) is 4.61. The molecule has 0 spiro atoms. The van der Waals surface area contributed by atoms with E-state index in [2.05, 4.69) is 37.4 Å². The van der Waals surface area contributed by atoms with Crippen molar-refractivity contribution in [2.75, 3.05) is 6.54 Å². The maximum atomic E-state index is 6.10. The zero-order chi connectivity index (χ0) is 13.7. The molecule has 3 unspecified atom stereocenters. The molecule has 0 radical (unpaired) electrons. The highest BCUT2D eigenvalue weighted by Gasteiger charge is 2.28. The highest BCUT2D eigenvalue weighted by atomic mass is 35.5. The van der Waals surface area contributed by atoms with Gasteiger partial charge in [-0.1, -0.05) is 44.0 Å². The molecule has 0 saturated heterocycles. The molecule has 1 aliphatic rings. The van der Waals surface area contributed by atoms with Crippen LogP contribution in [-0.4, -0.2) is 12.6 Å². The van der Waals surface area contributed by atoms with Crippen LogP contribution in [-0.2, 0) is 6.42 Å². The summed E-state index contributed by atoms with van der Waals surface area (Å²) in [5.41, 5.74) is 1.36. The van der Waals surface area contributed by atoms with E-state index in [0.717, 1.165) is 29.8 Å². The Bertz CT molecular complexity index is 391. The molecule has 106 valence electrons. The van der Waals surface area contributed by atoms with Crippen molar-refractivity contribution in [1.82, 2.24) is 5.32 Å². The van der Waals surface area contributed by atoms with Crippen LogP contribution in [0.4, 0.5) is 0 Å². The van der Waals surface area contributed by atoms with Gasteiger partial charge in [0.15, 0.2) is 0 Å². The van der Waals surface area contributed by atoms with Crippen molar-refractivity contribution in [3.05, 3.63) is 34.9 Å². The van der Waals surface area contributed by atoms with E-state index >= 15 is 0 Å². The van der Waals surface area contributed by atoms with Crippen LogP contribution in [0.25, 0.3) is 0 Å². The lowest BCUT2D eigenvalue weighted by Crippen LogP contribution is -2.37. The van der Waals surface area contributed by atoms with Crippen LogP contribution in [0.1, 0.15) is 45.1 Å². The van der Waals surface area contributed by atoms with Gasteiger partial charge < -0.3 is 5.32 Å². The lowest BCUT2D eigenvalue weighted by atomic mass is 9.91. The van der Waals surface area contributed by atoms with Gasteiger partial charge in [0.1, 0.15) is 0 Å². The van der Waals surface area contributed by atoms with E-state index < -0.39 is 0 Å². The molecule has 2 rings (SSSR count). The first-order chi connectivity index (χ1) is 9.19. The Balaban J connectivity index is 2.00. The second-order valence-electron chi connectivity index (χ2n) is 6.07. The first kappa shape index (κ1) is 14.9. The Hall–Kier alpha value is -0.530. The van der Waals surface area contributed by atoms with Gasteiger partial charge in [0, 0.05) is 11.1 Å². The first-order valence-electron chi connectivity index (χ1n) is 7.67. The van der Waals surface area contributed by atoms with Crippen molar-refractivity contribution in [3.8, 4) is 0 Å². The first-order valence-corrected chi connectivity index (χ1v) is 8.04. The Kier molecular flexibility index (Phi) is 5.72. The van der Waals surface area contributed by atoms with Crippen molar-refractivity contribution in [2.24, 2.45) is 11.8 Å². The molecule has 1 nitrogen and oxygen atoms in total. The van der Waals surface area contributed by atoms with Crippen molar-refractivity contribution < 1.29 is 0 Å². The summed E-state index contributed by atoms with van der Waals surface area (Å²) < 4.78 is 0. The van der Waals surface area contributed by atoms with Crippen molar-refractivity contribution in [1.29, 1.82) is 0 Å². The van der Waals surface area contributed by atoms with Gasteiger partial charge in [-0.05, 0) is 61.8 Å². The highest BCUT2D eigenvalue weighted by Crippen LogP contribution is 2.33. The van der Waals surface area contributed by atoms with Crippen LogP contribution < -0.4 is 5.32 Å². The molecule has 1 fully saturated rings. The Labute approximate surface area is 122 Å². The fraction of sp³-hybridized carbons (Fsp3) is 0.647. The van der Waals surface area contributed by atoms with Gasteiger partial charge in [-0.3, -0.25) is 0 Å². The topological polar surface area (TPSA) is 12.0 Å². The molecular formula is C17H26ClN. The van der Waals surface area contributed by atoms with E-state index in [0.29, 0.717) is 6.04 Å². The van der Waals surface area contributed by atoms with Crippen LogP contribution in [0.3, 0.4) is 0 Å². The number of rotatable bonds is 6. The molecule has 1 aromatic carbocycles. The van der Waals surface area contributed by atoms with E-state index in [9.17, 15) is 0 Å². The largest absolute Gasteiger partial charge is 0.313 e. The lowest BCUT2D eigenvalue weighted by molar-refractivity contribution is 0.348. The Morgan fingerprint density at radius 1 is 1.37 bits per heavy atom. The molecule has 3 atom stereocenters. The second-order valence-corrected chi connectivity index (χ2v) is 6.51. The normalized spacial score (nSPS) is 24.6. The van der Waals surface area contributed by atoms with E-state index in [1.807, 2.05) is 6.07 Å². The third-order valence-electron chi connectivity index (χ3n) is 4.31. The van der Waals surface area contributed by atoms with Crippen LogP contribution in [0, 0.1) is 11.8 Å². The fourth-order valence-electron chi connectivity index (χ4n) is 3.27. The molecule has 19 heavy (non-hydrogen) atoms. The monoisotopic (exact) mass is 279 g/mol. The summed E-state index contributed by atoms with van der Waals surface area (Å²) in [4.78, 5) is 0. The van der Waals surface area contributed by atoms with Gasteiger partial charge in [-0.15, -0.1) is 0 Å². The Morgan fingerprint density at radius 2 is 2.21 bits per heavy atom. The van der Waals surface area contributed by atoms with Gasteiger partial charge in [-0.2, -0.15) is 0 Å². The summed E-state index contributed by atoms with van der Waals surface area (Å²) in [6.45, 7) is 5.74. The zero-order valence-electron chi connectivity index (χ0n) is 12.2. The summed E-state index contributed by atoms with van der Waals surface area (Å²) in [6, 6.07) is 8.94. The summed E-state index contributed by atoms with van der Waals surface area (Å²) in [6.07, 6.45) is 6.46.